The number of aromatic amines is 1. The van der Waals surface area contributed by atoms with Gasteiger partial charge >= 0.3 is 14.3 Å². The zero-order chi connectivity index (χ0) is 21.7. The Morgan fingerprint density at radius 2 is 2.20 bits per heavy atom. The Morgan fingerprint density at radius 3 is 2.87 bits per heavy atom. The predicted octanol–water partition coefficient (Wildman–Crippen LogP) is 1.24. The van der Waals surface area contributed by atoms with Gasteiger partial charge < -0.3 is 19.5 Å². The molecule has 0 aliphatic carbocycles. The Labute approximate surface area is 173 Å². The Hall–Kier alpha value is -2.51. The number of aryl methyl sites for hydroxylation is 1. The molecule has 0 amide bonds. The van der Waals surface area contributed by atoms with Crippen LogP contribution in [0.1, 0.15) is 35.8 Å². The monoisotopic (exact) mass is 436 g/mol. The lowest BCUT2D eigenvalue weighted by molar-refractivity contribution is -0.113. The van der Waals surface area contributed by atoms with E-state index in [2.05, 4.69) is 10.9 Å². The van der Waals surface area contributed by atoms with Crippen LogP contribution in [0, 0.1) is 19.3 Å². The minimum Gasteiger partial charge on any atom is -0.426 e. The fraction of sp³-hybridized carbons (Fsp3) is 0.368. The van der Waals surface area contributed by atoms with Crippen LogP contribution in [0.4, 0.5) is 0 Å². The highest BCUT2D eigenvalue weighted by atomic mass is 31.2. The molecule has 160 valence electrons. The number of aromatic nitrogens is 2. The van der Waals surface area contributed by atoms with Crippen molar-refractivity contribution in [3.05, 3.63) is 61.9 Å². The van der Waals surface area contributed by atoms with Crippen molar-refractivity contribution < 1.29 is 28.5 Å². The lowest BCUT2D eigenvalue weighted by Gasteiger charge is -2.24. The number of fused-ring (bicyclic) bond motifs is 1. The van der Waals surface area contributed by atoms with Gasteiger partial charge in [-0.3, -0.25) is 23.4 Å². The van der Waals surface area contributed by atoms with E-state index in [1.54, 1.807) is 0 Å². The van der Waals surface area contributed by atoms with E-state index in [4.69, 9.17) is 29.8 Å². The molecular weight excluding hydrogens is 415 g/mol. The first-order chi connectivity index (χ1) is 14.4. The summed E-state index contributed by atoms with van der Waals surface area (Å²) in [5.41, 5.74) is 0.945. The second-order valence-corrected chi connectivity index (χ2v) is 7.53. The minimum absolute atomic E-state index is 0.0598. The Balaban J connectivity index is 0.000000172. The molecule has 3 atom stereocenters. The first-order valence-electron chi connectivity index (χ1n) is 9.01. The molecule has 0 spiro atoms. The van der Waals surface area contributed by atoms with Crippen LogP contribution in [-0.4, -0.2) is 32.8 Å². The standard InChI is InChI=1S/C10H10N2O4.C9H11O4P/c1-2-6-5-12(10(15)11-9(6)14)7-3-4-8(13)16-7;1-7-3-2-4-8-5-11-14(12-6-10)13-9(7)8/h1,5,7-8,13H,3-4H2,(H,11,14,15);2-4,10H,5-6H2,1H3/t7?,8-;/m0./s1. The summed E-state index contributed by atoms with van der Waals surface area (Å²) < 4.78 is 21.9. The number of aliphatic hydroxyl groups is 2. The lowest BCUT2D eigenvalue weighted by atomic mass is 10.1. The smallest absolute Gasteiger partial charge is 0.399 e. The summed E-state index contributed by atoms with van der Waals surface area (Å²) in [6, 6.07) is 5.88. The summed E-state index contributed by atoms with van der Waals surface area (Å²) in [4.78, 5) is 24.8. The number of rotatable bonds is 3. The van der Waals surface area contributed by atoms with Crippen LogP contribution in [0.25, 0.3) is 0 Å². The maximum atomic E-state index is 11.5. The van der Waals surface area contributed by atoms with E-state index in [1.165, 1.54) is 10.8 Å². The van der Waals surface area contributed by atoms with Crippen LogP contribution >= 0.6 is 8.60 Å². The van der Waals surface area contributed by atoms with Gasteiger partial charge in [-0.1, -0.05) is 24.1 Å². The van der Waals surface area contributed by atoms with Crippen molar-refractivity contribution in [3.63, 3.8) is 0 Å². The summed E-state index contributed by atoms with van der Waals surface area (Å²) in [7, 11) is -1.42. The second kappa shape index (κ2) is 10.00. The molecule has 2 unspecified atom stereocenters. The molecule has 1 aromatic heterocycles. The van der Waals surface area contributed by atoms with Crippen LogP contribution in [0.3, 0.4) is 0 Å². The average Bonchev–Trinajstić information content (AvgIpc) is 3.15. The number of hydrogen-bond acceptors (Lipinski definition) is 8. The molecular formula is C19H21N2O8P. The van der Waals surface area contributed by atoms with E-state index in [0.29, 0.717) is 19.4 Å². The number of benzene rings is 1. The summed E-state index contributed by atoms with van der Waals surface area (Å²) in [5, 5.41) is 17.8. The molecule has 1 aromatic carbocycles. The average molecular weight is 436 g/mol. The summed E-state index contributed by atoms with van der Waals surface area (Å²) in [6.45, 7) is 2.06. The van der Waals surface area contributed by atoms with Gasteiger partial charge in [0.25, 0.3) is 5.56 Å². The molecule has 3 heterocycles. The highest BCUT2D eigenvalue weighted by Crippen LogP contribution is 2.47. The third kappa shape index (κ3) is 5.15. The lowest BCUT2D eigenvalue weighted by Crippen LogP contribution is -2.33. The summed E-state index contributed by atoms with van der Waals surface area (Å²) in [5.74, 6) is 2.99. The fourth-order valence-corrected chi connectivity index (χ4v) is 3.83. The largest absolute Gasteiger partial charge is 0.426 e. The first kappa shape index (κ1) is 22.2. The summed E-state index contributed by atoms with van der Waals surface area (Å²) >= 11 is 0. The molecule has 30 heavy (non-hydrogen) atoms. The predicted molar refractivity (Wildman–Crippen MR) is 106 cm³/mol. The molecule has 0 radical (unpaired) electrons. The van der Waals surface area contributed by atoms with Gasteiger partial charge in [-0.05, 0) is 18.9 Å². The van der Waals surface area contributed by atoms with Gasteiger partial charge in [0.1, 0.15) is 17.5 Å². The van der Waals surface area contributed by atoms with Gasteiger partial charge in [0.05, 0.1) is 6.61 Å². The molecule has 0 bridgehead atoms. The van der Waals surface area contributed by atoms with E-state index in [9.17, 15) is 14.7 Å². The highest BCUT2D eigenvalue weighted by molar-refractivity contribution is 7.42. The summed E-state index contributed by atoms with van der Waals surface area (Å²) in [6.07, 6.45) is 5.88. The Kier molecular flexibility index (Phi) is 7.39. The normalized spacial score (nSPS) is 22.3. The number of nitrogens with one attached hydrogen (secondary N) is 1. The van der Waals surface area contributed by atoms with Gasteiger partial charge in [-0.25, -0.2) is 4.79 Å². The fourth-order valence-electron chi connectivity index (χ4n) is 2.90. The van der Waals surface area contributed by atoms with Crippen LogP contribution in [-0.2, 0) is 20.4 Å². The molecule has 2 aliphatic heterocycles. The van der Waals surface area contributed by atoms with Crippen LogP contribution in [0.2, 0.25) is 0 Å². The van der Waals surface area contributed by atoms with Crippen LogP contribution < -0.4 is 15.8 Å². The van der Waals surface area contributed by atoms with Gasteiger partial charge in [-0.15, -0.1) is 6.42 Å². The Bertz CT molecular complexity index is 1040. The number of aliphatic hydroxyl groups excluding tert-OH is 2. The number of ether oxygens (including phenoxy) is 1. The van der Waals surface area contributed by atoms with Crippen LogP contribution in [0.5, 0.6) is 5.75 Å². The topological polar surface area (TPSA) is 132 Å². The second-order valence-electron chi connectivity index (χ2n) is 6.39. The molecule has 10 nitrogen and oxygen atoms in total. The molecule has 1 fully saturated rings. The number of terminal acetylenes is 1. The zero-order valence-corrected chi connectivity index (χ0v) is 17.0. The van der Waals surface area contributed by atoms with Crippen molar-refractivity contribution in [2.45, 2.75) is 38.9 Å². The molecule has 4 rings (SSSR count). The Morgan fingerprint density at radius 1 is 1.40 bits per heavy atom. The van der Waals surface area contributed by atoms with Gasteiger partial charge in [-0.2, -0.15) is 0 Å². The molecule has 1 saturated heterocycles. The highest BCUT2D eigenvalue weighted by Gasteiger charge is 2.26. The van der Waals surface area contributed by atoms with Gasteiger partial charge in [0.15, 0.2) is 13.1 Å². The van der Waals surface area contributed by atoms with Crippen molar-refractivity contribution in [3.8, 4) is 18.1 Å². The van der Waals surface area contributed by atoms with E-state index in [0.717, 1.165) is 16.9 Å². The van der Waals surface area contributed by atoms with Crippen LogP contribution in [0.15, 0.2) is 34.0 Å². The molecule has 0 saturated carbocycles. The molecule has 3 N–H and O–H groups in total. The SMILES string of the molecule is C#Cc1cn(C2CC[C@@H](O)O2)c(=O)[nH]c1=O.Cc1cccc2c1OP(OCO)OC2. The third-order valence-electron chi connectivity index (χ3n) is 4.36. The van der Waals surface area contributed by atoms with E-state index < -0.39 is 32.4 Å². The number of nitrogens with zero attached hydrogens (tertiary/aromatic N) is 1. The van der Waals surface area contributed by atoms with Crippen molar-refractivity contribution in [2.75, 3.05) is 6.79 Å². The minimum atomic E-state index is -1.42. The van der Waals surface area contributed by atoms with Crippen molar-refractivity contribution in [1.29, 1.82) is 0 Å². The van der Waals surface area contributed by atoms with E-state index >= 15 is 0 Å². The molecule has 11 heteroatoms. The first-order valence-corrected chi connectivity index (χ1v) is 10.1. The molecule has 2 aliphatic rings. The maximum absolute atomic E-state index is 11.5. The van der Waals surface area contributed by atoms with Gasteiger partial charge in [0, 0.05) is 18.2 Å². The quantitative estimate of drug-likeness (QED) is 0.372. The van der Waals surface area contributed by atoms with E-state index in [-0.39, 0.29) is 12.4 Å². The maximum Gasteiger partial charge on any atom is 0.399 e. The number of H-pyrrole nitrogens is 1. The van der Waals surface area contributed by atoms with Crippen molar-refractivity contribution in [2.24, 2.45) is 0 Å². The van der Waals surface area contributed by atoms with Crippen molar-refractivity contribution >= 4 is 8.60 Å². The zero-order valence-electron chi connectivity index (χ0n) is 16.1. The van der Waals surface area contributed by atoms with E-state index in [1.807, 2.05) is 25.1 Å². The van der Waals surface area contributed by atoms with Crippen molar-refractivity contribution in [1.82, 2.24) is 9.55 Å². The number of para-hydroxylation sites is 1. The number of hydrogen-bond donors (Lipinski definition) is 3. The third-order valence-corrected chi connectivity index (χ3v) is 5.35. The molecule has 2 aromatic rings. The van der Waals surface area contributed by atoms with Gasteiger partial charge in [0.2, 0.25) is 0 Å².